The van der Waals surface area contributed by atoms with E-state index in [-0.39, 0.29) is 11.7 Å². The van der Waals surface area contributed by atoms with E-state index in [0.717, 1.165) is 16.3 Å². The number of nitrogens with zero attached hydrogens (tertiary/aromatic N) is 1. The molecule has 0 aliphatic carbocycles. The summed E-state index contributed by atoms with van der Waals surface area (Å²) in [6, 6.07) is 24.8. The lowest BCUT2D eigenvalue weighted by Gasteiger charge is -2.07. The molecule has 168 valence electrons. The Bertz CT molecular complexity index is 1410. The van der Waals surface area contributed by atoms with Crippen LogP contribution in [0.3, 0.4) is 0 Å². The average Bonchev–Trinajstić information content (AvgIpc) is 2.85. The predicted octanol–water partition coefficient (Wildman–Crippen LogP) is 6.53. The molecular formula is C27H18Cl2N2O3. The molecule has 0 saturated heterocycles. The van der Waals surface area contributed by atoms with Gasteiger partial charge in [-0.25, -0.2) is 10.2 Å². The molecule has 0 spiro atoms. The van der Waals surface area contributed by atoms with Crippen LogP contribution in [0.5, 0.6) is 5.75 Å². The quantitative estimate of drug-likeness (QED) is 0.110. The number of esters is 1. The Labute approximate surface area is 206 Å². The van der Waals surface area contributed by atoms with Gasteiger partial charge in [0.15, 0.2) is 0 Å². The molecule has 7 heteroatoms. The molecular weight excluding hydrogens is 471 g/mol. The molecule has 0 saturated carbocycles. The van der Waals surface area contributed by atoms with Gasteiger partial charge >= 0.3 is 5.97 Å². The van der Waals surface area contributed by atoms with Crippen molar-refractivity contribution in [2.75, 3.05) is 0 Å². The largest absolute Gasteiger partial charge is 0.423 e. The highest BCUT2D eigenvalue weighted by molar-refractivity contribution is 6.31. The molecule has 0 aromatic heterocycles. The summed E-state index contributed by atoms with van der Waals surface area (Å²) in [7, 11) is 0. The number of rotatable bonds is 6. The monoisotopic (exact) mass is 488 g/mol. The van der Waals surface area contributed by atoms with Crippen molar-refractivity contribution in [3.63, 3.8) is 0 Å². The topological polar surface area (TPSA) is 67.8 Å². The molecule has 4 rings (SSSR count). The summed E-state index contributed by atoms with van der Waals surface area (Å²) in [5.74, 6) is -0.690. The first-order chi connectivity index (χ1) is 16.5. The minimum atomic E-state index is -0.577. The first-order valence-corrected chi connectivity index (χ1v) is 11.0. The molecule has 4 aromatic carbocycles. The van der Waals surface area contributed by atoms with Crippen LogP contribution < -0.4 is 10.2 Å². The van der Waals surface area contributed by atoms with Crippen molar-refractivity contribution < 1.29 is 14.3 Å². The molecule has 0 fully saturated rings. The van der Waals surface area contributed by atoms with Crippen LogP contribution in [0.25, 0.3) is 16.8 Å². The molecule has 1 amide bonds. The first kappa shape index (κ1) is 23.2. The number of fused-ring (bicyclic) bond motifs is 1. The first-order valence-electron chi connectivity index (χ1n) is 10.3. The Morgan fingerprint density at radius 1 is 0.853 bits per heavy atom. The summed E-state index contributed by atoms with van der Waals surface area (Å²) in [6.07, 6.45) is 4.30. The van der Waals surface area contributed by atoms with Gasteiger partial charge in [0.25, 0.3) is 5.91 Å². The Morgan fingerprint density at radius 3 is 2.41 bits per heavy atom. The third-order valence-corrected chi connectivity index (χ3v) is 5.36. The normalized spacial score (nSPS) is 11.2. The van der Waals surface area contributed by atoms with Crippen molar-refractivity contribution in [2.45, 2.75) is 0 Å². The Morgan fingerprint density at radius 2 is 1.59 bits per heavy atom. The predicted molar refractivity (Wildman–Crippen MR) is 137 cm³/mol. The minimum absolute atomic E-state index is 0.248. The van der Waals surface area contributed by atoms with Crippen LogP contribution in [-0.2, 0) is 4.79 Å². The van der Waals surface area contributed by atoms with Crippen molar-refractivity contribution in [2.24, 2.45) is 5.10 Å². The molecule has 1 N–H and O–H groups in total. The third kappa shape index (κ3) is 5.90. The second-order valence-electron chi connectivity index (χ2n) is 7.21. The smallest absolute Gasteiger partial charge is 0.336 e. The van der Waals surface area contributed by atoms with Crippen molar-refractivity contribution >= 4 is 58.1 Å². The number of hydrazone groups is 1. The van der Waals surface area contributed by atoms with Crippen molar-refractivity contribution in [1.29, 1.82) is 0 Å². The molecule has 0 bridgehead atoms. The number of benzene rings is 4. The maximum absolute atomic E-state index is 12.7. The van der Waals surface area contributed by atoms with E-state index in [9.17, 15) is 9.59 Å². The maximum atomic E-state index is 12.7. The number of ether oxygens (including phenoxy) is 1. The molecule has 4 aromatic rings. The number of hydrogen-bond donors (Lipinski definition) is 1. The lowest BCUT2D eigenvalue weighted by molar-refractivity contribution is -0.128. The summed E-state index contributed by atoms with van der Waals surface area (Å²) in [5.41, 5.74) is 4.24. The summed E-state index contributed by atoms with van der Waals surface area (Å²) in [4.78, 5) is 25.0. The van der Waals surface area contributed by atoms with Gasteiger partial charge in [-0.1, -0.05) is 71.7 Å². The van der Waals surface area contributed by atoms with Gasteiger partial charge in [0, 0.05) is 27.2 Å². The molecule has 0 heterocycles. The Hall–Kier alpha value is -3.93. The van der Waals surface area contributed by atoms with Gasteiger partial charge in [-0.05, 0) is 58.8 Å². The molecule has 5 nitrogen and oxygen atoms in total. The summed E-state index contributed by atoms with van der Waals surface area (Å²) >= 11 is 12.0. The number of amides is 1. The fourth-order valence-electron chi connectivity index (χ4n) is 3.24. The second kappa shape index (κ2) is 10.8. The zero-order valence-corrected chi connectivity index (χ0v) is 19.3. The highest BCUT2D eigenvalue weighted by atomic mass is 35.5. The van der Waals surface area contributed by atoms with Crippen LogP contribution in [0.15, 0.2) is 96.1 Å². The minimum Gasteiger partial charge on any atom is -0.423 e. The molecule has 34 heavy (non-hydrogen) atoms. The zero-order valence-electron chi connectivity index (χ0n) is 17.7. The van der Waals surface area contributed by atoms with E-state index in [1.54, 1.807) is 54.6 Å². The van der Waals surface area contributed by atoms with Gasteiger partial charge < -0.3 is 4.74 Å². The van der Waals surface area contributed by atoms with E-state index in [1.165, 1.54) is 12.3 Å². The van der Waals surface area contributed by atoms with Crippen LogP contribution in [-0.4, -0.2) is 18.1 Å². The lowest BCUT2D eigenvalue weighted by Crippen LogP contribution is -2.18. The molecule has 0 atom stereocenters. The van der Waals surface area contributed by atoms with Crippen LogP contribution in [0.4, 0.5) is 0 Å². The van der Waals surface area contributed by atoms with Gasteiger partial charge in [-0.3, -0.25) is 4.79 Å². The van der Waals surface area contributed by atoms with Gasteiger partial charge in [-0.2, -0.15) is 5.10 Å². The second-order valence-corrected chi connectivity index (χ2v) is 8.09. The van der Waals surface area contributed by atoms with Gasteiger partial charge in [-0.15, -0.1) is 0 Å². The van der Waals surface area contributed by atoms with E-state index in [4.69, 9.17) is 27.9 Å². The lowest BCUT2D eigenvalue weighted by atomic mass is 10.0. The fraction of sp³-hybridized carbons (Fsp3) is 0. The Balaban J connectivity index is 1.46. The van der Waals surface area contributed by atoms with E-state index in [1.807, 2.05) is 36.4 Å². The highest BCUT2D eigenvalue weighted by Crippen LogP contribution is 2.22. The van der Waals surface area contributed by atoms with Crippen molar-refractivity contribution in [3.05, 3.63) is 118 Å². The molecule has 0 aliphatic heterocycles. The number of hydrogen-bond acceptors (Lipinski definition) is 4. The average molecular weight is 489 g/mol. The number of halogens is 2. The molecule has 0 unspecified atom stereocenters. The van der Waals surface area contributed by atoms with Gasteiger partial charge in [0.05, 0.1) is 6.21 Å². The number of carbonyl (C=O) groups is 2. The van der Waals surface area contributed by atoms with Crippen LogP contribution in [0, 0.1) is 0 Å². The number of carbonyl (C=O) groups excluding carboxylic acids is 2. The summed E-state index contributed by atoms with van der Waals surface area (Å²) in [6.45, 7) is 0. The van der Waals surface area contributed by atoms with Crippen LogP contribution in [0.1, 0.15) is 21.5 Å². The zero-order chi connectivity index (χ0) is 23.9. The summed E-state index contributed by atoms with van der Waals surface area (Å²) in [5, 5.41) is 6.84. The van der Waals surface area contributed by atoms with Crippen LogP contribution >= 0.6 is 23.2 Å². The molecule has 0 radical (unpaired) electrons. The molecule has 0 aliphatic rings. The maximum Gasteiger partial charge on any atom is 0.336 e. The van der Waals surface area contributed by atoms with E-state index >= 15 is 0 Å². The fourth-order valence-corrected chi connectivity index (χ4v) is 3.54. The SMILES string of the molecule is O=C(/C=C/c1ccc(Cl)cc1)Oc1ccc(Cl)cc1/C=N/NC(=O)c1cccc2ccccc12. The van der Waals surface area contributed by atoms with E-state index < -0.39 is 5.97 Å². The van der Waals surface area contributed by atoms with Crippen molar-refractivity contribution in [3.8, 4) is 5.75 Å². The van der Waals surface area contributed by atoms with Gasteiger partial charge in [0.2, 0.25) is 0 Å². The standard InChI is InChI=1S/C27H18Cl2N2O3/c28-21-11-8-18(9-12-21)10-15-26(32)34-25-14-13-22(29)16-20(25)17-30-31-27(33)24-7-3-5-19-4-1-2-6-23(19)24/h1-17H,(H,31,33)/b15-10+,30-17+. The summed E-state index contributed by atoms with van der Waals surface area (Å²) < 4.78 is 5.43. The third-order valence-electron chi connectivity index (χ3n) is 4.87. The van der Waals surface area contributed by atoms with E-state index in [0.29, 0.717) is 21.2 Å². The van der Waals surface area contributed by atoms with Gasteiger partial charge in [0.1, 0.15) is 5.75 Å². The Kier molecular flexibility index (Phi) is 7.38. The van der Waals surface area contributed by atoms with Crippen molar-refractivity contribution in [1.82, 2.24) is 5.43 Å². The van der Waals surface area contributed by atoms with E-state index in [2.05, 4.69) is 10.5 Å². The van der Waals surface area contributed by atoms with Crippen LogP contribution in [0.2, 0.25) is 10.0 Å². The highest BCUT2D eigenvalue weighted by Gasteiger charge is 2.10. The number of nitrogens with one attached hydrogen (secondary N) is 1.